The standard InChI is InChI=1S/C43H68O16/c1-19-30(46)33(49)26(17-44)38(54-19)58-36-31(47)21(3)56-40(35(36)51)59-37-32(48)20(2)55-39(34(37)50)57-25-9-12-42(5)24(15-25)6-7-28-27(42)10-11-41(4)16-22(8-13-43(28,41)52)23-14-29(45)53-18-23/h14,19-22,24-28,30-40,44,46-52H,6-13,15-18H2,1-5H3. The maximum Gasteiger partial charge on any atom is 0.331 e. The van der Waals surface area contributed by atoms with E-state index in [-0.39, 0.29) is 34.7 Å². The van der Waals surface area contributed by atoms with Gasteiger partial charge in [-0.2, -0.15) is 0 Å². The summed E-state index contributed by atoms with van der Waals surface area (Å²) in [5.41, 5.74) is 0.0813. The zero-order valence-electron chi connectivity index (χ0n) is 35.0. The lowest BCUT2D eigenvalue weighted by Gasteiger charge is -2.66. The van der Waals surface area contributed by atoms with E-state index in [1.807, 2.05) is 0 Å². The second-order valence-electron chi connectivity index (χ2n) is 19.9. The molecule has 23 atom stereocenters. The van der Waals surface area contributed by atoms with Crippen LogP contribution in [0.5, 0.6) is 0 Å². The molecule has 8 aliphatic rings. The van der Waals surface area contributed by atoms with E-state index in [4.69, 9.17) is 33.2 Å². The molecular weight excluding hydrogens is 772 g/mol. The van der Waals surface area contributed by atoms with Crippen LogP contribution in [0.4, 0.5) is 0 Å². The van der Waals surface area contributed by atoms with Crippen LogP contribution in [0.15, 0.2) is 11.6 Å². The van der Waals surface area contributed by atoms with Gasteiger partial charge < -0.3 is 74.0 Å². The molecule has 0 amide bonds. The van der Waals surface area contributed by atoms with E-state index in [1.54, 1.807) is 13.0 Å². The first kappa shape index (κ1) is 44.3. The highest BCUT2D eigenvalue weighted by Crippen LogP contribution is 2.68. The SMILES string of the molecule is CC1OC(OC2C(O)C(C)OC(OC3C(O)C(C)OC(OC4CCC5(C)C(CCC6C5CCC5(C)CC(C7=CC(=O)OC7)CCC65O)C4)C3O)C2O)C(CO)C(O)C1O. The Morgan fingerprint density at radius 2 is 1.31 bits per heavy atom. The molecule has 4 saturated carbocycles. The monoisotopic (exact) mass is 840 g/mol. The number of hydrogen-bond donors (Lipinski definition) is 8. The van der Waals surface area contributed by atoms with Crippen molar-refractivity contribution in [3.05, 3.63) is 11.6 Å². The molecule has 0 spiro atoms. The Morgan fingerprint density at radius 3 is 1.93 bits per heavy atom. The molecule has 336 valence electrons. The van der Waals surface area contributed by atoms with Gasteiger partial charge in [-0.25, -0.2) is 4.79 Å². The Balaban J connectivity index is 0.902. The smallest absolute Gasteiger partial charge is 0.331 e. The minimum Gasteiger partial charge on any atom is -0.458 e. The summed E-state index contributed by atoms with van der Waals surface area (Å²) in [6.07, 6.45) is -7.76. The van der Waals surface area contributed by atoms with E-state index in [0.29, 0.717) is 18.4 Å². The van der Waals surface area contributed by atoms with Crippen LogP contribution in [0.3, 0.4) is 0 Å². The van der Waals surface area contributed by atoms with E-state index >= 15 is 0 Å². The van der Waals surface area contributed by atoms with Gasteiger partial charge in [-0.15, -0.1) is 0 Å². The van der Waals surface area contributed by atoms with Crippen molar-refractivity contribution >= 4 is 5.97 Å². The molecule has 0 aromatic carbocycles. The van der Waals surface area contributed by atoms with Crippen LogP contribution in [0.2, 0.25) is 0 Å². The predicted octanol–water partition coefficient (Wildman–Crippen LogP) is 0.797. The quantitative estimate of drug-likeness (QED) is 0.125. The average molecular weight is 841 g/mol. The van der Waals surface area contributed by atoms with Crippen molar-refractivity contribution < 1.29 is 78.8 Å². The molecule has 0 aromatic rings. The molecule has 59 heavy (non-hydrogen) atoms. The normalized spacial score (nSPS) is 55.3. The lowest BCUT2D eigenvalue weighted by atomic mass is 9.41. The summed E-state index contributed by atoms with van der Waals surface area (Å²) >= 11 is 0. The van der Waals surface area contributed by atoms with Gasteiger partial charge in [-0.05, 0) is 125 Å². The van der Waals surface area contributed by atoms with E-state index in [9.17, 15) is 45.6 Å². The van der Waals surface area contributed by atoms with Crippen LogP contribution in [0, 0.1) is 40.4 Å². The van der Waals surface area contributed by atoms with E-state index in [2.05, 4.69) is 13.8 Å². The van der Waals surface area contributed by atoms with Crippen molar-refractivity contribution in [2.24, 2.45) is 40.4 Å². The Bertz CT molecular complexity index is 1550. The van der Waals surface area contributed by atoms with Gasteiger partial charge in [-0.3, -0.25) is 0 Å². The van der Waals surface area contributed by atoms with Gasteiger partial charge in [0.1, 0.15) is 49.3 Å². The number of aliphatic hydroxyl groups excluding tert-OH is 7. The largest absolute Gasteiger partial charge is 0.458 e. The van der Waals surface area contributed by atoms with Gasteiger partial charge >= 0.3 is 5.97 Å². The molecule has 8 rings (SSSR count). The summed E-state index contributed by atoms with van der Waals surface area (Å²) in [5.74, 6) is -0.178. The van der Waals surface area contributed by atoms with Gasteiger partial charge in [0.05, 0.1) is 48.6 Å². The van der Waals surface area contributed by atoms with E-state index in [0.717, 1.165) is 69.8 Å². The third-order valence-electron chi connectivity index (χ3n) is 16.7. The summed E-state index contributed by atoms with van der Waals surface area (Å²) < 4.78 is 41.4. The fourth-order valence-corrected chi connectivity index (χ4v) is 12.9. The molecule has 7 fully saturated rings. The van der Waals surface area contributed by atoms with Crippen LogP contribution in [-0.2, 0) is 38.0 Å². The van der Waals surface area contributed by atoms with Crippen LogP contribution in [-0.4, -0.2) is 158 Å². The first-order valence-corrected chi connectivity index (χ1v) is 22.1. The lowest BCUT2D eigenvalue weighted by Crippen LogP contribution is -2.65. The number of fused-ring (bicyclic) bond motifs is 5. The molecule has 3 saturated heterocycles. The summed E-state index contributed by atoms with van der Waals surface area (Å²) in [4.78, 5) is 11.8. The lowest BCUT2D eigenvalue weighted by molar-refractivity contribution is -0.376. The van der Waals surface area contributed by atoms with Crippen molar-refractivity contribution in [1.29, 1.82) is 0 Å². The fourth-order valence-electron chi connectivity index (χ4n) is 12.9. The fraction of sp³-hybridized carbons (Fsp3) is 0.930. The highest BCUT2D eigenvalue weighted by Gasteiger charge is 2.65. The highest BCUT2D eigenvalue weighted by atomic mass is 16.7. The zero-order valence-corrected chi connectivity index (χ0v) is 35.0. The van der Waals surface area contributed by atoms with Crippen LogP contribution in [0.1, 0.15) is 98.8 Å². The number of hydrogen-bond acceptors (Lipinski definition) is 16. The van der Waals surface area contributed by atoms with Crippen LogP contribution in [0.25, 0.3) is 0 Å². The number of rotatable bonds is 8. The van der Waals surface area contributed by atoms with E-state index in [1.165, 1.54) is 13.8 Å². The first-order chi connectivity index (χ1) is 27.9. The van der Waals surface area contributed by atoms with Gasteiger partial charge in [-0.1, -0.05) is 13.8 Å². The highest BCUT2D eigenvalue weighted by molar-refractivity contribution is 5.85. The predicted molar refractivity (Wildman–Crippen MR) is 205 cm³/mol. The molecule has 16 nitrogen and oxygen atoms in total. The van der Waals surface area contributed by atoms with Crippen molar-refractivity contribution in [3.63, 3.8) is 0 Å². The number of carbonyl (C=O) groups is 1. The van der Waals surface area contributed by atoms with Gasteiger partial charge in [0.15, 0.2) is 18.9 Å². The van der Waals surface area contributed by atoms with Crippen molar-refractivity contribution in [2.75, 3.05) is 13.2 Å². The third-order valence-corrected chi connectivity index (χ3v) is 16.7. The Labute approximate surface area is 346 Å². The minimum atomic E-state index is -1.66. The molecule has 4 aliphatic carbocycles. The van der Waals surface area contributed by atoms with Crippen molar-refractivity contribution in [3.8, 4) is 0 Å². The Morgan fingerprint density at radius 1 is 0.695 bits per heavy atom. The van der Waals surface area contributed by atoms with Gasteiger partial charge in [0.25, 0.3) is 0 Å². The number of esters is 1. The average Bonchev–Trinajstić information content (AvgIpc) is 3.64. The molecule has 16 heteroatoms. The second kappa shape index (κ2) is 16.6. The number of aliphatic hydroxyl groups is 8. The maximum atomic E-state index is 12.6. The second-order valence-corrected chi connectivity index (χ2v) is 19.9. The zero-order chi connectivity index (χ0) is 42.3. The van der Waals surface area contributed by atoms with E-state index < -0.39 is 104 Å². The summed E-state index contributed by atoms with van der Waals surface area (Å²) in [6.45, 7) is 9.11. The molecule has 23 unspecified atom stereocenters. The van der Waals surface area contributed by atoms with Crippen molar-refractivity contribution in [2.45, 2.75) is 197 Å². The van der Waals surface area contributed by atoms with Crippen LogP contribution >= 0.6 is 0 Å². The van der Waals surface area contributed by atoms with Crippen molar-refractivity contribution in [1.82, 2.24) is 0 Å². The number of cyclic esters (lactones) is 1. The molecule has 4 aliphatic heterocycles. The molecule has 0 aromatic heterocycles. The molecule has 4 heterocycles. The van der Waals surface area contributed by atoms with Crippen LogP contribution < -0.4 is 0 Å². The summed E-state index contributed by atoms with van der Waals surface area (Å²) in [5, 5.41) is 88.7. The topological polar surface area (TPSA) is 244 Å². The maximum absolute atomic E-state index is 12.6. The Hall–Kier alpha value is -1.35. The molecular formula is C43H68O16. The number of ether oxygens (including phenoxy) is 7. The molecule has 0 bridgehead atoms. The number of carbonyl (C=O) groups excluding carboxylic acids is 1. The molecule has 0 radical (unpaired) electrons. The van der Waals surface area contributed by atoms with Gasteiger partial charge in [0.2, 0.25) is 0 Å². The minimum absolute atomic E-state index is 0.0101. The molecule has 8 N–H and O–H groups in total. The first-order valence-electron chi connectivity index (χ1n) is 22.1. The third kappa shape index (κ3) is 7.66. The summed E-state index contributed by atoms with van der Waals surface area (Å²) in [7, 11) is 0. The van der Waals surface area contributed by atoms with Gasteiger partial charge in [0, 0.05) is 6.08 Å². The summed E-state index contributed by atoms with van der Waals surface area (Å²) in [6, 6.07) is 0. The Kier molecular flexibility index (Phi) is 12.5.